The van der Waals surface area contributed by atoms with Gasteiger partial charge in [0.15, 0.2) is 0 Å². The van der Waals surface area contributed by atoms with Gasteiger partial charge in [-0.15, -0.1) is 0 Å². The lowest BCUT2D eigenvalue weighted by Gasteiger charge is -2.21. The van der Waals surface area contributed by atoms with Crippen LogP contribution in [0, 0.1) is 0 Å². The van der Waals surface area contributed by atoms with Gasteiger partial charge in [-0.3, -0.25) is 0 Å². The molecular weight excluding hydrogens is 552 g/mol. The first-order valence-electron chi connectivity index (χ1n) is 14.4. The molecule has 0 saturated heterocycles. The molecule has 0 heterocycles. The maximum absolute atomic E-state index is 6.39. The first-order valence-corrected chi connectivity index (χ1v) is 14.4. The van der Waals surface area contributed by atoms with Crippen LogP contribution in [0.5, 0.6) is 34.5 Å². The Labute approximate surface area is 257 Å². The highest BCUT2D eigenvalue weighted by Gasteiger charge is 2.23. The van der Waals surface area contributed by atoms with Crippen LogP contribution in [0.3, 0.4) is 0 Å². The minimum absolute atomic E-state index is 0.414. The first kappa shape index (κ1) is 28.7. The molecule has 0 aliphatic carbocycles. The molecule has 44 heavy (non-hydrogen) atoms. The summed E-state index contributed by atoms with van der Waals surface area (Å²) in [4.78, 5) is 0. The molecule has 0 aliphatic heterocycles. The van der Waals surface area contributed by atoms with E-state index in [2.05, 4.69) is 0 Å². The van der Waals surface area contributed by atoms with E-state index >= 15 is 0 Å². The van der Waals surface area contributed by atoms with Crippen LogP contribution in [0.15, 0.2) is 109 Å². The van der Waals surface area contributed by atoms with Crippen LogP contribution in [0.1, 0.15) is 11.1 Å². The molecule has 6 rings (SSSR count). The van der Waals surface area contributed by atoms with Crippen molar-refractivity contribution < 1.29 is 28.4 Å². The van der Waals surface area contributed by atoms with Gasteiger partial charge >= 0.3 is 0 Å². The fraction of sp³-hybridized carbons (Fsp3) is 0.158. The fourth-order valence-electron chi connectivity index (χ4n) is 5.63. The molecule has 0 fully saturated rings. The molecule has 6 aromatic carbocycles. The van der Waals surface area contributed by atoms with Gasteiger partial charge in [0.05, 0.1) is 39.2 Å². The second kappa shape index (κ2) is 12.9. The lowest BCUT2D eigenvalue weighted by molar-refractivity contribution is 0.308. The van der Waals surface area contributed by atoms with Gasteiger partial charge < -0.3 is 28.4 Å². The largest absolute Gasteiger partial charge is 0.496 e. The molecule has 0 aromatic heterocycles. The molecular formula is C38H34O6. The van der Waals surface area contributed by atoms with Crippen molar-refractivity contribution in [1.82, 2.24) is 0 Å². The van der Waals surface area contributed by atoms with E-state index in [9.17, 15) is 0 Å². The molecule has 6 heteroatoms. The van der Waals surface area contributed by atoms with Crippen molar-refractivity contribution >= 4 is 21.5 Å². The van der Waals surface area contributed by atoms with Gasteiger partial charge in [0, 0.05) is 21.9 Å². The number of benzene rings is 6. The van der Waals surface area contributed by atoms with Crippen molar-refractivity contribution in [2.75, 3.05) is 28.4 Å². The summed E-state index contributed by atoms with van der Waals surface area (Å²) in [6.07, 6.45) is 0. The molecule has 0 spiro atoms. The van der Waals surface area contributed by atoms with Gasteiger partial charge in [0.25, 0.3) is 0 Å². The summed E-state index contributed by atoms with van der Waals surface area (Å²) in [6.45, 7) is 0.827. The average molecular weight is 587 g/mol. The molecule has 0 N–H and O–H groups in total. The second-order valence-electron chi connectivity index (χ2n) is 10.2. The standard InChI is InChI=1S/C38H34O6/c1-39-31-19-21-33(43-23-25-11-7-5-8-12-25)35-29(31)17-15-27(37(35)41-3)28-16-18-30-32(40-2)20-22-34(36(30)38(28)42-4)44-24-26-13-9-6-10-14-26/h5-22H,23-24H2,1-4H3. The number of rotatable bonds is 11. The van der Waals surface area contributed by atoms with Crippen LogP contribution in [0.2, 0.25) is 0 Å². The second-order valence-corrected chi connectivity index (χ2v) is 10.2. The number of ether oxygens (including phenoxy) is 6. The third-order valence-electron chi connectivity index (χ3n) is 7.72. The van der Waals surface area contributed by atoms with Gasteiger partial charge in [-0.05, 0) is 59.7 Å². The van der Waals surface area contributed by atoms with E-state index < -0.39 is 0 Å². The Kier molecular flexibility index (Phi) is 8.41. The van der Waals surface area contributed by atoms with Gasteiger partial charge in [0.2, 0.25) is 0 Å². The average Bonchev–Trinajstić information content (AvgIpc) is 3.09. The third-order valence-corrected chi connectivity index (χ3v) is 7.72. The molecule has 6 nitrogen and oxygen atoms in total. The quantitative estimate of drug-likeness (QED) is 0.151. The molecule has 0 atom stereocenters. The minimum Gasteiger partial charge on any atom is -0.496 e. The van der Waals surface area contributed by atoms with Crippen LogP contribution in [-0.2, 0) is 13.2 Å². The van der Waals surface area contributed by atoms with Crippen molar-refractivity contribution in [3.63, 3.8) is 0 Å². The van der Waals surface area contributed by atoms with E-state index in [-0.39, 0.29) is 0 Å². The Bertz CT molecular complexity index is 1760. The van der Waals surface area contributed by atoms with Gasteiger partial charge in [-0.2, -0.15) is 0 Å². The lowest BCUT2D eigenvalue weighted by Crippen LogP contribution is -2.00. The third kappa shape index (κ3) is 5.42. The molecule has 0 saturated carbocycles. The van der Waals surface area contributed by atoms with Gasteiger partial charge in [0.1, 0.15) is 47.7 Å². The summed E-state index contributed by atoms with van der Waals surface area (Å²) >= 11 is 0. The SMILES string of the molecule is COc1ccc(OCc2ccccc2)c2c(OC)c(-c3ccc4c(OC)ccc(OCc5ccccc5)c4c3OC)ccc12. The van der Waals surface area contributed by atoms with Crippen molar-refractivity contribution in [2.24, 2.45) is 0 Å². The summed E-state index contributed by atoms with van der Waals surface area (Å²) in [5.74, 6) is 4.13. The number of hydrogen-bond donors (Lipinski definition) is 0. The van der Waals surface area contributed by atoms with E-state index in [0.29, 0.717) is 36.2 Å². The Morgan fingerprint density at radius 1 is 0.386 bits per heavy atom. The summed E-state index contributed by atoms with van der Waals surface area (Å²) in [5.41, 5.74) is 3.82. The smallest absolute Gasteiger partial charge is 0.138 e. The van der Waals surface area contributed by atoms with Gasteiger partial charge in [-0.25, -0.2) is 0 Å². The zero-order valence-corrected chi connectivity index (χ0v) is 25.3. The number of fused-ring (bicyclic) bond motifs is 2. The maximum Gasteiger partial charge on any atom is 0.138 e. The maximum atomic E-state index is 6.39. The fourth-order valence-corrected chi connectivity index (χ4v) is 5.63. The van der Waals surface area contributed by atoms with Crippen LogP contribution < -0.4 is 28.4 Å². The normalized spacial score (nSPS) is 10.9. The van der Waals surface area contributed by atoms with Crippen molar-refractivity contribution in [1.29, 1.82) is 0 Å². The van der Waals surface area contributed by atoms with Gasteiger partial charge in [-0.1, -0.05) is 60.7 Å². The Balaban J connectivity index is 1.53. The van der Waals surface area contributed by atoms with Crippen LogP contribution in [0.25, 0.3) is 32.7 Å². The highest BCUT2D eigenvalue weighted by Crippen LogP contribution is 2.50. The molecule has 0 bridgehead atoms. The van der Waals surface area contributed by atoms with Crippen molar-refractivity contribution in [3.05, 3.63) is 120 Å². The molecule has 0 amide bonds. The first-order chi connectivity index (χ1) is 21.7. The molecule has 222 valence electrons. The number of methoxy groups -OCH3 is 4. The summed E-state index contributed by atoms with van der Waals surface area (Å²) in [5, 5.41) is 3.39. The summed E-state index contributed by atoms with van der Waals surface area (Å²) in [7, 11) is 6.67. The minimum atomic E-state index is 0.414. The predicted octanol–water partition coefficient (Wildman–Crippen LogP) is 8.85. The Morgan fingerprint density at radius 2 is 0.773 bits per heavy atom. The van der Waals surface area contributed by atoms with E-state index in [1.807, 2.05) is 109 Å². The molecule has 0 unspecified atom stereocenters. The van der Waals surface area contributed by atoms with E-state index in [1.54, 1.807) is 28.4 Å². The zero-order valence-electron chi connectivity index (χ0n) is 25.3. The summed E-state index contributed by atoms with van der Waals surface area (Å²) in [6, 6.07) is 36.0. The summed E-state index contributed by atoms with van der Waals surface area (Å²) < 4.78 is 36.5. The zero-order chi connectivity index (χ0) is 30.5. The lowest BCUT2D eigenvalue weighted by atomic mass is 9.94. The van der Waals surface area contributed by atoms with Crippen molar-refractivity contribution in [3.8, 4) is 45.6 Å². The number of hydrogen-bond acceptors (Lipinski definition) is 6. The molecule has 0 aliphatic rings. The van der Waals surface area contributed by atoms with Crippen LogP contribution >= 0.6 is 0 Å². The highest BCUT2D eigenvalue weighted by molar-refractivity contribution is 6.07. The Morgan fingerprint density at radius 3 is 1.14 bits per heavy atom. The van der Waals surface area contributed by atoms with Crippen molar-refractivity contribution in [2.45, 2.75) is 13.2 Å². The Hall–Kier alpha value is -5.36. The topological polar surface area (TPSA) is 55.4 Å². The van der Waals surface area contributed by atoms with E-state index in [0.717, 1.165) is 55.3 Å². The highest BCUT2D eigenvalue weighted by atomic mass is 16.5. The van der Waals surface area contributed by atoms with E-state index in [4.69, 9.17) is 28.4 Å². The molecule has 0 radical (unpaired) electrons. The predicted molar refractivity (Wildman–Crippen MR) is 175 cm³/mol. The van der Waals surface area contributed by atoms with Crippen LogP contribution in [-0.4, -0.2) is 28.4 Å². The van der Waals surface area contributed by atoms with E-state index in [1.165, 1.54) is 0 Å². The monoisotopic (exact) mass is 586 g/mol. The molecule has 6 aromatic rings. The van der Waals surface area contributed by atoms with Crippen LogP contribution in [0.4, 0.5) is 0 Å².